The number of pyridine rings is 1. The van der Waals surface area contributed by atoms with Crippen LogP contribution in [0.25, 0.3) is 0 Å². The molecule has 0 saturated heterocycles. The van der Waals surface area contributed by atoms with Gasteiger partial charge in [0.05, 0.1) is 17.2 Å². The van der Waals surface area contributed by atoms with Crippen molar-refractivity contribution in [1.29, 1.82) is 0 Å². The second kappa shape index (κ2) is 6.61. The average Bonchev–Trinajstić information content (AvgIpc) is 2.91. The molecule has 2 aromatic rings. The van der Waals surface area contributed by atoms with Crippen LogP contribution in [0.4, 0.5) is 0 Å². The van der Waals surface area contributed by atoms with E-state index in [4.69, 9.17) is 0 Å². The zero-order valence-electron chi connectivity index (χ0n) is 10.9. The maximum atomic E-state index is 4.57. The molecule has 2 aromatic heterocycles. The molecule has 0 aromatic carbocycles. The summed E-state index contributed by atoms with van der Waals surface area (Å²) in [4.78, 5) is 10.0. The summed E-state index contributed by atoms with van der Waals surface area (Å²) in [7, 11) is 0. The minimum absolute atomic E-state index is 0.284. The lowest BCUT2D eigenvalue weighted by atomic mass is 10.0. The molecule has 1 N–H and O–H groups in total. The van der Waals surface area contributed by atoms with Crippen molar-refractivity contribution in [3.05, 3.63) is 46.2 Å². The van der Waals surface area contributed by atoms with Gasteiger partial charge in [-0.05, 0) is 24.6 Å². The SMILES string of the molecule is CCNC(Cc1cncs1)c1ncccc1CC. The molecule has 0 spiro atoms. The first-order valence-corrected chi connectivity index (χ1v) is 7.27. The van der Waals surface area contributed by atoms with Crippen molar-refractivity contribution in [3.8, 4) is 0 Å². The maximum absolute atomic E-state index is 4.57. The molecule has 1 atom stereocenters. The molecular formula is C14H19N3S. The summed E-state index contributed by atoms with van der Waals surface area (Å²) in [5.74, 6) is 0. The van der Waals surface area contributed by atoms with Gasteiger partial charge in [-0.3, -0.25) is 9.97 Å². The van der Waals surface area contributed by atoms with Crippen LogP contribution in [-0.4, -0.2) is 16.5 Å². The molecule has 3 nitrogen and oxygen atoms in total. The third-order valence-electron chi connectivity index (χ3n) is 2.98. The number of thiazole rings is 1. The molecule has 1 unspecified atom stereocenters. The summed E-state index contributed by atoms with van der Waals surface area (Å²) in [6.45, 7) is 5.26. The molecule has 0 fully saturated rings. The molecular weight excluding hydrogens is 242 g/mol. The van der Waals surface area contributed by atoms with E-state index in [2.05, 4.69) is 35.2 Å². The van der Waals surface area contributed by atoms with E-state index in [1.807, 2.05) is 24.0 Å². The molecule has 0 aliphatic rings. The Morgan fingerprint density at radius 1 is 1.39 bits per heavy atom. The van der Waals surface area contributed by atoms with Gasteiger partial charge in [0.15, 0.2) is 0 Å². The zero-order valence-corrected chi connectivity index (χ0v) is 11.7. The third-order valence-corrected chi connectivity index (χ3v) is 3.78. The average molecular weight is 261 g/mol. The zero-order chi connectivity index (χ0) is 12.8. The van der Waals surface area contributed by atoms with E-state index in [-0.39, 0.29) is 6.04 Å². The van der Waals surface area contributed by atoms with Gasteiger partial charge in [-0.25, -0.2) is 0 Å². The number of hydrogen-bond acceptors (Lipinski definition) is 4. The lowest BCUT2D eigenvalue weighted by Gasteiger charge is -2.19. The van der Waals surface area contributed by atoms with Crippen LogP contribution in [-0.2, 0) is 12.8 Å². The van der Waals surface area contributed by atoms with Crippen LogP contribution in [0.5, 0.6) is 0 Å². The van der Waals surface area contributed by atoms with Gasteiger partial charge in [0.2, 0.25) is 0 Å². The minimum atomic E-state index is 0.284. The van der Waals surface area contributed by atoms with Crippen molar-refractivity contribution in [1.82, 2.24) is 15.3 Å². The monoisotopic (exact) mass is 261 g/mol. The Morgan fingerprint density at radius 2 is 2.28 bits per heavy atom. The highest BCUT2D eigenvalue weighted by molar-refractivity contribution is 7.09. The fourth-order valence-corrected chi connectivity index (χ4v) is 2.76. The van der Waals surface area contributed by atoms with Crippen LogP contribution in [0.15, 0.2) is 30.0 Å². The largest absolute Gasteiger partial charge is 0.309 e. The van der Waals surface area contributed by atoms with Crippen LogP contribution in [0.2, 0.25) is 0 Å². The number of aryl methyl sites for hydroxylation is 1. The molecule has 2 rings (SSSR count). The Kier molecular flexibility index (Phi) is 4.84. The summed E-state index contributed by atoms with van der Waals surface area (Å²) in [5.41, 5.74) is 4.39. The van der Waals surface area contributed by atoms with Gasteiger partial charge in [-0.2, -0.15) is 0 Å². The molecule has 4 heteroatoms. The molecule has 0 aliphatic carbocycles. The quantitative estimate of drug-likeness (QED) is 0.868. The van der Waals surface area contributed by atoms with E-state index < -0.39 is 0 Å². The first-order chi connectivity index (χ1) is 8.85. The van der Waals surface area contributed by atoms with Crippen molar-refractivity contribution in [2.45, 2.75) is 32.7 Å². The number of nitrogens with one attached hydrogen (secondary N) is 1. The van der Waals surface area contributed by atoms with Crippen LogP contribution >= 0.6 is 11.3 Å². The Bertz CT molecular complexity index is 468. The summed E-state index contributed by atoms with van der Waals surface area (Å²) < 4.78 is 0. The Balaban J connectivity index is 2.23. The minimum Gasteiger partial charge on any atom is -0.309 e. The predicted molar refractivity (Wildman–Crippen MR) is 75.9 cm³/mol. The lowest BCUT2D eigenvalue weighted by molar-refractivity contribution is 0.535. The molecule has 96 valence electrons. The van der Waals surface area contributed by atoms with Gasteiger partial charge in [0.1, 0.15) is 0 Å². The summed E-state index contributed by atoms with van der Waals surface area (Å²) in [5, 5.41) is 3.53. The maximum Gasteiger partial charge on any atom is 0.0794 e. The van der Waals surface area contributed by atoms with E-state index in [9.17, 15) is 0 Å². The highest BCUT2D eigenvalue weighted by Crippen LogP contribution is 2.22. The standard InChI is InChI=1S/C14H19N3S/c1-3-11-6-5-7-17-14(11)13(16-4-2)8-12-9-15-10-18-12/h5-7,9-10,13,16H,3-4,8H2,1-2H3. The highest BCUT2D eigenvalue weighted by Gasteiger charge is 2.16. The van der Waals surface area contributed by atoms with Crippen molar-refractivity contribution >= 4 is 11.3 Å². The van der Waals surface area contributed by atoms with Crippen molar-refractivity contribution in [3.63, 3.8) is 0 Å². The van der Waals surface area contributed by atoms with E-state index >= 15 is 0 Å². The molecule has 0 aliphatic heterocycles. The van der Waals surface area contributed by atoms with E-state index in [1.165, 1.54) is 16.1 Å². The van der Waals surface area contributed by atoms with Crippen LogP contribution < -0.4 is 5.32 Å². The molecule has 0 radical (unpaired) electrons. The van der Waals surface area contributed by atoms with E-state index in [0.717, 1.165) is 19.4 Å². The number of likely N-dealkylation sites (N-methyl/N-ethyl adjacent to an activating group) is 1. The number of nitrogens with zero attached hydrogens (tertiary/aromatic N) is 2. The number of hydrogen-bond donors (Lipinski definition) is 1. The predicted octanol–water partition coefficient (Wildman–Crippen LogP) is 2.99. The first-order valence-electron chi connectivity index (χ1n) is 6.39. The van der Waals surface area contributed by atoms with Crippen LogP contribution in [0.3, 0.4) is 0 Å². The summed E-state index contributed by atoms with van der Waals surface area (Å²) >= 11 is 1.71. The third kappa shape index (κ3) is 3.15. The van der Waals surface area contributed by atoms with Crippen molar-refractivity contribution in [2.24, 2.45) is 0 Å². The fourth-order valence-electron chi connectivity index (χ4n) is 2.12. The number of aromatic nitrogens is 2. The van der Waals surface area contributed by atoms with E-state index in [1.54, 1.807) is 11.3 Å². The highest BCUT2D eigenvalue weighted by atomic mass is 32.1. The Morgan fingerprint density at radius 3 is 2.94 bits per heavy atom. The number of rotatable bonds is 6. The van der Waals surface area contributed by atoms with Gasteiger partial charge in [-0.1, -0.05) is 19.9 Å². The normalized spacial score (nSPS) is 12.6. The lowest BCUT2D eigenvalue weighted by Crippen LogP contribution is -2.24. The van der Waals surface area contributed by atoms with Gasteiger partial charge in [0.25, 0.3) is 0 Å². The second-order valence-corrected chi connectivity index (χ2v) is 5.15. The molecule has 0 amide bonds. The summed E-state index contributed by atoms with van der Waals surface area (Å²) in [6, 6.07) is 4.46. The van der Waals surface area contributed by atoms with Crippen molar-refractivity contribution in [2.75, 3.05) is 6.54 Å². The van der Waals surface area contributed by atoms with Gasteiger partial charge >= 0.3 is 0 Å². The fraction of sp³-hybridized carbons (Fsp3) is 0.429. The second-order valence-electron chi connectivity index (χ2n) is 4.18. The molecule has 0 saturated carbocycles. The molecule has 18 heavy (non-hydrogen) atoms. The molecule has 2 heterocycles. The smallest absolute Gasteiger partial charge is 0.0794 e. The van der Waals surface area contributed by atoms with Gasteiger partial charge in [0, 0.05) is 23.7 Å². The van der Waals surface area contributed by atoms with Gasteiger partial charge < -0.3 is 5.32 Å². The molecule has 0 bridgehead atoms. The summed E-state index contributed by atoms with van der Waals surface area (Å²) in [6.07, 6.45) is 5.81. The Hall–Kier alpha value is -1.26. The van der Waals surface area contributed by atoms with Gasteiger partial charge in [-0.15, -0.1) is 11.3 Å². The van der Waals surface area contributed by atoms with E-state index in [0.29, 0.717) is 0 Å². The van der Waals surface area contributed by atoms with Crippen molar-refractivity contribution < 1.29 is 0 Å². The van der Waals surface area contributed by atoms with Crippen LogP contribution in [0.1, 0.15) is 36.0 Å². The van der Waals surface area contributed by atoms with Crippen LogP contribution in [0, 0.1) is 0 Å². The first kappa shape index (κ1) is 13.2. The topological polar surface area (TPSA) is 37.8 Å². The Labute approximate surface area is 112 Å².